The predicted octanol–water partition coefficient (Wildman–Crippen LogP) is 6.69. The van der Waals surface area contributed by atoms with Crippen LogP contribution in [0.5, 0.6) is 0 Å². The number of hydrogen-bond donors (Lipinski definition) is 0. The van der Waals surface area contributed by atoms with Crippen LogP contribution in [0.25, 0.3) is 0 Å². The van der Waals surface area contributed by atoms with Gasteiger partial charge in [0.05, 0.1) is 26.4 Å². The summed E-state index contributed by atoms with van der Waals surface area (Å²) in [4.78, 5) is 2.41. The van der Waals surface area contributed by atoms with Gasteiger partial charge in [0.25, 0.3) is 0 Å². The molecule has 0 aliphatic rings. The number of hydrogen-bond acceptors (Lipinski definition) is 7. The van der Waals surface area contributed by atoms with E-state index in [1.54, 1.807) is 27.7 Å². The molecule has 0 aromatic carbocycles. The van der Waals surface area contributed by atoms with Crippen molar-refractivity contribution in [3.8, 4) is 0 Å². The maximum Gasteiger partial charge on any atom is 0.346 e. The molecule has 0 aliphatic heterocycles. The third-order valence-corrected chi connectivity index (χ3v) is 10.6. The van der Waals surface area contributed by atoms with Crippen LogP contribution in [0, 0.1) is 0 Å². The van der Waals surface area contributed by atoms with Crippen LogP contribution in [-0.4, -0.2) is 56.4 Å². The first-order valence-electron chi connectivity index (χ1n) is 11.5. The molecular formula is C21H45NO6P2. The molecule has 0 atom stereocenters. The smallest absolute Gasteiger partial charge is 0.308 e. The molecule has 0 fully saturated rings. The maximum atomic E-state index is 13.5. The summed E-state index contributed by atoms with van der Waals surface area (Å²) in [5, 5.41) is -0.985. The SMILES string of the molecule is CCCCN(C/C=C/CC(P(=O)(OCC)OCC)P(=O)(OCC)OCC)CCCC. The van der Waals surface area contributed by atoms with E-state index in [-0.39, 0.29) is 32.8 Å². The van der Waals surface area contributed by atoms with Crippen LogP contribution in [0.15, 0.2) is 12.2 Å². The molecule has 0 N–H and O–H groups in total. The van der Waals surface area contributed by atoms with E-state index < -0.39 is 20.6 Å². The van der Waals surface area contributed by atoms with Crippen LogP contribution in [0.4, 0.5) is 0 Å². The van der Waals surface area contributed by atoms with Gasteiger partial charge in [-0.3, -0.25) is 14.0 Å². The second-order valence-corrected chi connectivity index (χ2v) is 11.8. The van der Waals surface area contributed by atoms with E-state index >= 15 is 0 Å². The Balaban J connectivity index is 5.52. The maximum absolute atomic E-state index is 13.5. The Hall–Kier alpha value is -0.0000000000000000971. The van der Waals surface area contributed by atoms with Crippen LogP contribution in [0.3, 0.4) is 0 Å². The topological polar surface area (TPSA) is 74.3 Å². The third kappa shape index (κ3) is 11.0. The zero-order valence-electron chi connectivity index (χ0n) is 20.0. The first kappa shape index (κ1) is 30.0. The fraction of sp³-hybridized carbons (Fsp3) is 0.905. The van der Waals surface area contributed by atoms with Crippen LogP contribution >= 0.6 is 15.2 Å². The monoisotopic (exact) mass is 469 g/mol. The standard InChI is InChI=1S/C21H45NO6P2/c1-7-13-18-22(19-14-8-2)20-16-15-17-21(29(23,25-9-3)26-10-4)30(24,27-11-5)28-12-6/h15-16,21H,7-14,17-20H2,1-6H3/b16-15+. The minimum atomic E-state index is -3.69. The first-order valence-corrected chi connectivity index (χ1v) is 14.7. The number of rotatable bonds is 20. The van der Waals surface area contributed by atoms with Crippen molar-refractivity contribution in [1.29, 1.82) is 0 Å². The van der Waals surface area contributed by atoms with Gasteiger partial charge in [-0.05, 0) is 60.0 Å². The molecule has 180 valence electrons. The Kier molecular flexibility index (Phi) is 17.5. The van der Waals surface area contributed by atoms with Crippen molar-refractivity contribution in [3.63, 3.8) is 0 Å². The quantitative estimate of drug-likeness (QED) is 0.145. The van der Waals surface area contributed by atoms with E-state index in [0.717, 1.165) is 45.3 Å². The fourth-order valence-corrected chi connectivity index (χ4v) is 8.29. The van der Waals surface area contributed by atoms with Crippen molar-refractivity contribution in [2.45, 2.75) is 79.0 Å². The third-order valence-electron chi connectivity index (χ3n) is 4.50. The van der Waals surface area contributed by atoms with Gasteiger partial charge in [0.2, 0.25) is 0 Å². The summed E-state index contributed by atoms with van der Waals surface area (Å²) in [6.45, 7) is 15.0. The molecule has 0 aliphatic carbocycles. The average Bonchev–Trinajstić information content (AvgIpc) is 2.69. The molecule has 0 aromatic heterocycles. The highest BCUT2D eigenvalue weighted by atomic mass is 31.2. The number of allylic oxidation sites excluding steroid dienone is 1. The van der Waals surface area contributed by atoms with Gasteiger partial charge in [0, 0.05) is 6.54 Å². The van der Waals surface area contributed by atoms with Gasteiger partial charge in [-0.25, -0.2) is 0 Å². The molecule has 0 heterocycles. The lowest BCUT2D eigenvalue weighted by atomic mass is 10.2. The lowest BCUT2D eigenvalue weighted by molar-refractivity contribution is 0.195. The predicted molar refractivity (Wildman–Crippen MR) is 126 cm³/mol. The molecule has 0 bridgehead atoms. The van der Waals surface area contributed by atoms with Crippen molar-refractivity contribution >= 4 is 15.2 Å². The minimum Gasteiger partial charge on any atom is -0.308 e. The first-order chi connectivity index (χ1) is 14.4. The summed E-state index contributed by atoms with van der Waals surface area (Å²) in [5.74, 6) is 0. The molecule has 0 rings (SSSR count). The Labute approximate surface area is 184 Å². The van der Waals surface area contributed by atoms with Gasteiger partial charge in [-0.15, -0.1) is 0 Å². The molecule has 0 saturated heterocycles. The normalized spacial score (nSPS) is 13.2. The van der Waals surface area contributed by atoms with Gasteiger partial charge in [0.15, 0.2) is 5.40 Å². The van der Waals surface area contributed by atoms with E-state index in [2.05, 4.69) is 18.7 Å². The van der Waals surface area contributed by atoms with Gasteiger partial charge in [-0.2, -0.15) is 0 Å². The van der Waals surface area contributed by atoms with Crippen LogP contribution in [0.1, 0.15) is 73.6 Å². The number of nitrogens with zero attached hydrogens (tertiary/aromatic N) is 1. The molecule has 0 aromatic rings. The second-order valence-electron chi connectivity index (χ2n) is 6.95. The van der Waals surface area contributed by atoms with Gasteiger partial charge in [-0.1, -0.05) is 38.8 Å². The molecule has 0 amide bonds. The van der Waals surface area contributed by atoms with Crippen LogP contribution in [-0.2, 0) is 27.2 Å². The van der Waals surface area contributed by atoms with Crippen molar-refractivity contribution in [2.75, 3.05) is 46.1 Å². The molecule has 9 heteroatoms. The summed E-state index contributed by atoms with van der Waals surface area (Å²) in [6.07, 6.45) is 8.83. The summed E-state index contributed by atoms with van der Waals surface area (Å²) in [5.41, 5.74) is 0. The highest BCUT2D eigenvalue weighted by molar-refractivity contribution is 7.72. The summed E-state index contributed by atoms with van der Waals surface area (Å²) in [7, 11) is -7.37. The Bertz CT molecular complexity index is 486. The zero-order chi connectivity index (χ0) is 22.9. The molecular weight excluding hydrogens is 424 g/mol. The van der Waals surface area contributed by atoms with Gasteiger partial charge < -0.3 is 18.1 Å². The summed E-state index contributed by atoms with van der Waals surface area (Å²) >= 11 is 0. The van der Waals surface area contributed by atoms with Crippen molar-refractivity contribution in [3.05, 3.63) is 12.2 Å². The van der Waals surface area contributed by atoms with E-state index in [9.17, 15) is 9.13 Å². The summed E-state index contributed by atoms with van der Waals surface area (Å²) in [6, 6.07) is 0. The van der Waals surface area contributed by atoms with Gasteiger partial charge in [0.1, 0.15) is 0 Å². The highest BCUT2D eigenvalue weighted by Crippen LogP contribution is 2.71. The Morgan fingerprint density at radius 3 is 1.43 bits per heavy atom. The van der Waals surface area contributed by atoms with E-state index in [0.29, 0.717) is 0 Å². The van der Waals surface area contributed by atoms with E-state index in [4.69, 9.17) is 18.1 Å². The van der Waals surface area contributed by atoms with E-state index in [1.807, 2.05) is 12.2 Å². The molecule has 0 spiro atoms. The van der Waals surface area contributed by atoms with Crippen LogP contribution in [0.2, 0.25) is 0 Å². The second kappa shape index (κ2) is 17.5. The van der Waals surface area contributed by atoms with Gasteiger partial charge >= 0.3 is 15.2 Å². The largest absolute Gasteiger partial charge is 0.346 e. The fourth-order valence-electron chi connectivity index (χ4n) is 3.07. The Morgan fingerprint density at radius 1 is 0.700 bits per heavy atom. The lowest BCUT2D eigenvalue weighted by Gasteiger charge is -2.30. The minimum absolute atomic E-state index is 0.192. The zero-order valence-corrected chi connectivity index (χ0v) is 21.8. The number of unbranched alkanes of at least 4 members (excludes halogenated alkanes) is 2. The highest BCUT2D eigenvalue weighted by Gasteiger charge is 2.49. The van der Waals surface area contributed by atoms with Crippen molar-refractivity contribution in [1.82, 2.24) is 4.90 Å². The molecule has 0 saturated carbocycles. The van der Waals surface area contributed by atoms with Crippen molar-refractivity contribution in [2.24, 2.45) is 0 Å². The molecule has 7 nitrogen and oxygen atoms in total. The van der Waals surface area contributed by atoms with Crippen molar-refractivity contribution < 1.29 is 27.2 Å². The van der Waals surface area contributed by atoms with E-state index in [1.165, 1.54) is 0 Å². The molecule has 30 heavy (non-hydrogen) atoms. The average molecular weight is 470 g/mol. The Morgan fingerprint density at radius 2 is 1.10 bits per heavy atom. The van der Waals surface area contributed by atoms with Crippen LogP contribution < -0.4 is 0 Å². The lowest BCUT2D eigenvalue weighted by Crippen LogP contribution is -2.26. The summed E-state index contributed by atoms with van der Waals surface area (Å²) < 4.78 is 49.0. The molecule has 0 radical (unpaired) electrons. The molecule has 0 unspecified atom stereocenters.